The van der Waals surface area contributed by atoms with E-state index in [1.54, 1.807) is 13.2 Å². The van der Waals surface area contributed by atoms with Crippen LogP contribution in [0.1, 0.15) is 10.4 Å². The molecule has 1 fully saturated rings. The molecule has 0 saturated carbocycles. The van der Waals surface area contributed by atoms with E-state index in [0.29, 0.717) is 11.3 Å². The van der Waals surface area contributed by atoms with Crippen LogP contribution in [-0.4, -0.2) is 43.5 Å². The van der Waals surface area contributed by atoms with Gasteiger partial charge in [-0.1, -0.05) is 12.1 Å². The number of hydrogen-bond acceptors (Lipinski definition) is 4. The Labute approximate surface area is 182 Å². The molecule has 0 atom stereocenters. The smallest absolute Gasteiger partial charge is 0.253 e. The van der Waals surface area contributed by atoms with Crippen molar-refractivity contribution in [3.8, 4) is 11.5 Å². The van der Waals surface area contributed by atoms with Gasteiger partial charge in [0.1, 0.15) is 29.3 Å². The number of methoxy groups -OCH3 is 1. The van der Waals surface area contributed by atoms with E-state index in [4.69, 9.17) is 15.0 Å². The number of likely N-dealkylation sites (tertiary alicyclic amines) is 1. The van der Waals surface area contributed by atoms with E-state index in [1.807, 2.05) is 30.3 Å². The molecule has 0 unspecified atom stereocenters. The van der Waals surface area contributed by atoms with Crippen LogP contribution in [0.2, 0.25) is 0 Å². The molecule has 162 valence electrons. The normalized spacial score (nSPS) is 14.2. The van der Waals surface area contributed by atoms with Crippen LogP contribution in [0, 0.1) is 11.2 Å². The van der Waals surface area contributed by atoms with Crippen molar-refractivity contribution < 1.29 is 23.5 Å². The van der Waals surface area contributed by atoms with E-state index in [-0.39, 0.29) is 25.6 Å². The van der Waals surface area contributed by atoms with Crippen molar-refractivity contribution in [1.29, 1.82) is 0 Å². The fourth-order valence-electron chi connectivity index (χ4n) is 3.68. The molecule has 0 bridgehead atoms. The predicted molar refractivity (Wildman–Crippen MR) is 115 cm³/mol. The Morgan fingerprint density at radius 3 is 2.31 bits per heavy atom. The topological polar surface area (TPSA) is 105 Å². The molecule has 8 nitrogen and oxygen atoms in total. The third-order valence-electron chi connectivity index (χ3n) is 5.49. The van der Waals surface area contributed by atoms with E-state index in [9.17, 15) is 14.0 Å². The number of benzene rings is 3. The maximum Gasteiger partial charge on any atom is 0.253 e. The number of halogens is 1. The molecule has 1 saturated heterocycles. The highest BCUT2D eigenvalue weighted by Crippen LogP contribution is 2.35. The molecule has 3 aromatic carbocycles. The zero-order valence-corrected chi connectivity index (χ0v) is 17.2. The minimum atomic E-state index is -1.14. The number of carbonyl (C=O) groups excluding carboxylic acids is 2. The lowest BCUT2D eigenvalue weighted by Crippen LogP contribution is -2.64. The third-order valence-corrected chi connectivity index (χ3v) is 5.49. The van der Waals surface area contributed by atoms with Crippen molar-refractivity contribution in [3.05, 3.63) is 82.5 Å². The summed E-state index contributed by atoms with van der Waals surface area (Å²) < 4.78 is 24.2. The number of ether oxygens (including phenoxy) is 2. The van der Waals surface area contributed by atoms with E-state index < -0.39 is 17.1 Å². The highest BCUT2D eigenvalue weighted by Gasteiger charge is 2.51. The van der Waals surface area contributed by atoms with Gasteiger partial charge in [0.15, 0.2) is 0 Å². The molecule has 0 aliphatic carbocycles. The molecular weight excluding hydrogens is 415 g/mol. The van der Waals surface area contributed by atoms with Crippen LogP contribution >= 0.6 is 0 Å². The number of nitrogens with zero attached hydrogens (tertiary/aromatic N) is 4. The SMILES string of the molecule is COc1ccc2cc(OCC3(C(=O)N=[N+]=[N-])CN(C(=O)c4ccc(F)cc4)C3)ccc2c1. The Bertz CT molecular complexity index is 1230. The summed E-state index contributed by atoms with van der Waals surface area (Å²) in [6.07, 6.45) is 0. The van der Waals surface area contributed by atoms with Crippen LogP contribution in [0.3, 0.4) is 0 Å². The van der Waals surface area contributed by atoms with Crippen molar-refractivity contribution in [3.63, 3.8) is 0 Å². The first-order valence-corrected chi connectivity index (χ1v) is 9.79. The molecule has 0 spiro atoms. The quantitative estimate of drug-likeness (QED) is 0.327. The van der Waals surface area contributed by atoms with Crippen LogP contribution < -0.4 is 9.47 Å². The summed E-state index contributed by atoms with van der Waals surface area (Å²) in [6.45, 7) is 0.0113. The van der Waals surface area contributed by atoms with Gasteiger partial charge in [-0.25, -0.2) is 4.39 Å². The lowest BCUT2D eigenvalue weighted by molar-refractivity contribution is -0.138. The summed E-state index contributed by atoms with van der Waals surface area (Å²) >= 11 is 0. The van der Waals surface area contributed by atoms with E-state index in [0.717, 1.165) is 16.5 Å². The number of carbonyl (C=O) groups is 2. The summed E-state index contributed by atoms with van der Waals surface area (Å²) in [4.78, 5) is 29.2. The molecule has 32 heavy (non-hydrogen) atoms. The zero-order valence-electron chi connectivity index (χ0n) is 17.2. The number of hydrogen-bond donors (Lipinski definition) is 0. The molecule has 3 aromatic rings. The fraction of sp³-hybridized carbons (Fsp3) is 0.217. The van der Waals surface area contributed by atoms with E-state index >= 15 is 0 Å². The minimum Gasteiger partial charge on any atom is -0.497 e. The lowest BCUT2D eigenvalue weighted by Gasteiger charge is -2.47. The summed E-state index contributed by atoms with van der Waals surface area (Å²) in [5.74, 6) is -0.187. The van der Waals surface area contributed by atoms with Crippen LogP contribution in [0.4, 0.5) is 4.39 Å². The van der Waals surface area contributed by atoms with Crippen molar-refractivity contribution in [2.75, 3.05) is 26.8 Å². The highest BCUT2D eigenvalue weighted by atomic mass is 19.1. The van der Waals surface area contributed by atoms with Crippen LogP contribution in [-0.2, 0) is 4.79 Å². The van der Waals surface area contributed by atoms with Crippen molar-refractivity contribution in [2.24, 2.45) is 10.5 Å². The molecule has 0 aromatic heterocycles. The Balaban J connectivity index is 1.49. The lowest BCUT2D eigenvalue weighted by atomic mass is 9.79. The van der Waals surface area contributed by atoms with Crippen molar-refractivity contribution in [2.45, 2.75) is 0 Å². The molecule has 9 heteroatoms. The van der Waals surface area contributed by atoms with Gasteiger partial charge in [0.05, 0.1) is 7.11 Å². The number of fused-ring (bicyclic) bond motifs is 1. The first-order chi connectivity index (χ1) is 15.4. The second-order valence-electron chi connectivity index (χ2n) is 7.61. The maximum atomic E-state index is 13.1. The molecule has 0 N–H and O–H groups in total. The van der Waals surface area contributed by atoms with Gasteiger partial charge in [-0.15, -0.1) is 0 Å². The maximum absolute atomic E-state index is 13.1. The predicted octanol–water partition coefficient (Wildman–Crippen LogP) is 4.35. The average molecular weight is 434 g/mol. The molecular formula is C23H19FN4O4. The summed E-state index contributed by atoms with van der Waals surface area (Å²) in [5, 5.41) is 5.14. The molecule has 1 heterocycles. The van der Waals surface area contributed by atoms with Crippen molar-refractivity contribution in [1.82, 2.24) is 4.90 Å². The first kappa shape index (κ1) is 21.1. The molecule has 1 aliphatic rings. The first-order valence-electron chi connectivity index (χ1n) is 9.79. The van der Waals surface area contributed by atoms with Gasteiger partial charge in [-0.2, -0.15) is 0 Å². The Kier molecular flexibility index (Phi) is 5.66. The Morgan fingerprint density at radius 2 is 1.69 bits per heavy atom. The van der Waals surface area contributed by atoms with Crippen LogP contribution in [0.15, 0.2) is 65.8 Å². The van der Waals surface area contributed by atoms with Gasteiger partial charge in [-0.05, 0) is 69.9 Å². The summed E-state index contributed by atoms with van der Waals surface area (Å²) in [6, 6.07) is 16.3. The van der Waals surface area contributed by atoms with Gasteiger partial charge in [0, 0.05) is 23.6 Å². The van der Waals surface area contributed by atoms with E-state index in [1.165, 1.54) is 29.2 Å². The summed E-state index contributed by atoms with van der Waals surface area (Å²) in [7, 11) is 1.60. The average Bonchev–Trinajstić information content (AvgIpc) is 2.78. The van der Waals surface area contributed by atoms with Crippen molar-refractivity contribution >= 4 is 22.6 Å². The van der Waals surface area contributed by atoms with Gasteiger partial charge < -0.3 is 14.4 Å². The van der Waals surface area contributed by atoms with Gasteiger partial charge in [0.25, 0.3) is 5.91 Å². The molecule has 1 aliphatic heterocycles. The largest absolute Gasteiger partial charge is 0.497 e. The van der Waals surface area contributed by atoms with Gasteiger partial charge >= 0.3 is 0 Å². The Hall–Kier alpha value is -4.10. The molecule has 2 amide bonds. The standard InChI is InChI=1S/C23H19FN4O4/c1-31-19-8-4-17-11-20(9-5-16(17)10-19)32-14-23(22(30)26-27-25)12-28(13-23)21(29)15-2-6-18(24)7-3-15/h2-11H,12-14H2,1H3. The minimum absolute atomic E-state index is 0.0336. The van der Waals surface area contributed by atoms with Crippen LogP contribution in [0.5, 0.6) is 11.5 Å². The second-order valence-corrected chi connectivity index (χ2v) is 7.61. The zero-order chi connectivity index (χ0) is 22.7. The molecule has 0 radical (unpaired) electrons. The van der Waals surface area contributed by atoms with Gasteiger partial charge in [0.2, 0.25) is 5.91 Å². The van der Waals surface area contributed by atoms with Gasteiger partial charge in [-0.3, -0.25) is 9.59 Å². The molecule has 4 rings (SSSR count). The highest BCUT2D eigenvalue weighted by molar-refractivity contribution is 5.97. The second kappa shape index (κ2) is 8.56. The Morgan fingerprint density at radius 1 is 1.06 bits per heavy atom. The fourth-order valence-corrected chi connectivity index (χ4v) is 3.68. The van der Waals surface area contributed by atoms with Crippen LogP contribution in [0.25, 0.3) is 21.2 Å². The summed E-state index contributed by atoms with van der Waals surface area (Å²) in [5.41, 5.74) is 7.88. The monoisotopic (exact) mass is 434 g/mol. The van der Waals surface area contributed by atoms with E-state index in [2.05, 4.69) is 10.0 Å². The number of rotatable bonds is 6. The number of azide groups is 1. The third kappa shape index (κ3) is 4.06. The number of amides is 2.